The lowest BCUT2D eigenvalue weighted by Crippen LogP contribution is -2.46. The number of likely N-dealkylation sites (tertiary alicyclic amines) is 1. The van der Waals surface area contributed by atoms with Crippen molar-refractivity contribution in [2.24, 2.45) is 0 Å². The average Bonchev–Trinajstić information content (AvgIpc) is 3.39. The molecule has 160 valence electrons. The first-order valence-corrected chi connectivity index (χ1v) is 10.4. The molecule has 0 aliphatic carbocycles. The number of ether oxygens (including phenoxy) is 1. The molecule has 4 aromatic rings. The number of rotatable bonds is 3. The Labute approximate surface area is 179 Å². The number of anilines is 1. The zero-order valence-electron chi connectivity index (χ0n) is 17.5. The number of aromatic nitrogens is 3. The fraction of sp³-hybridized carbons (Fsp3) is 0.304. The third kappa shape index (κ3) is 3.48. The number of aromatic amines is 2. The molecule has 1 aliphatic heterocycles. The Morgan fingerprint density at radius 3 is 2.74 bits per heavy atom. The van der Waals surface area contributed by atoms with Crippen molar-refractivity contribution in [1.29, 1.82) is 0 Å². The molecule has 4 N–H and O–H groups in total. The molecule has 0 unspecified atom stereocenters. The van der Waals surface area contributed by atoms with Crippen LogP contribution in [0.15, 0.2) is 42.6 Å². The van der Waals surface area contributed by atoms with E-state index in [9.17, 15) is 9.90 Å². The van der Waals surface area contributed by atoms with E-state index < -0.39 is 5.60 Å². The number of benzene rings is 2. The van der Waals surface area contributed by atoms with E-state index in [1.54, 1.807) is 18.9 Å². The summed E-state index contributed by atoms with van der Waals surface area (Å²) in [6.45, 7) is 2.81. The summed E-state index contributed by atoms with van der Waals surface area (Å²) in [5.41, 5.74) is 3.73. The predicted molar refractivity (Wildman–Crippen MR) is 120 cm³/mol. The summed E-state index contributed by atoms with van der Waals surface area (Å²) < 4.78 is 5.52. The van der Waals surface area contributed by atoms with Crippen molar-refractivity contribution in [1.82, 2.24) is 19.9 Å². The molecule has 2 aromatic carbocycles. The normalized spacial score (nSPS) is 16.0. The standard InChI is InChI=1S/C23H25N5O3/c1-23(30)9-12-28(13-10-23)22(29)27-21-25-19-16(6-7-17(31-2)20(19)26-21)15-5-3-4-14-8-11-24-18(14)15/h3-8,11,24,30H,9-10,12-13H2,1-2H3,(H2,25,26,27,29). The van der Waals surface area contributed by atoms with E-state index in [4.69, 9.17) is 9.72 Å². The fourth-order valence-electron chi connectivity index (χ4n) is 4.20. The van der Waals surface area contributed by atoms with Crippen LogP contribution in [0.2, 0.25) is 0 Å². The highest BCUT2D eigenvalue weighted by Gasteiger charge is 2.30. The highest BCUT2D eigenvalue weighted by atomic mass is 16.5. The van der Waals surface area contributed by atoms with Crippen LogP contribution in [-0.2, 0) is 0 Å². The van der Waals surface area contributed by atoms with Gasteiger partial charge >= 0.3 is 6.03 Å². The van der Waals surface area contributed by atoms with E-state index in [0.717, 1.165) is 33.1 Å². The molecular formula is C23H25N5O3. The van der Waals surface area contributed by atoms with Gasteiger partial charge in [-0.3, -0.25) is 5.32 Å². The van der Waals surface area contributed by atoms with E-state index in [0.29, 0.717) is 37.6 Å². The van der Waals surface area contributed by atoms with Gasteiger partial charge in [-0.15, -0.1) is 0 Å². The predicted octanol–water partition coefficient (Wildman–Crippen LogP) is 4.10. The Kier molecular flexibility index (Phi) is 4.59. The first-order valence-electron chi connectivity index (χ1n) is 10.4. The van der Waals surface area contributed by atoms with Gasteiger partial charge in [0, 0.05) is 30.4 Å². The van der Waals surface area contributed by atoms with Crippen molar-refractivity contribution in [3.63, 3.8) is 0 Å². The van der Waals surface area contributed by atoms with Crippen LogP contribution < -0.4 is 10.1 Å². The summed E-state index contributed by atoms with van der Waals surface area (Å²) in [6, 6.07) is 11.8. The van der Waals surface area contributed by atoms with Gasteiger partial charge in [0.05, 0.1) is 18.2 Å². The number of para-hydroxylation sites is 1. The number of urea groups is 1. The van der Waals surface area contributed by atoms with Crippen LogP contribution in [0.1, 0.15) is 19.8 Å². The maximum Gasteiger partial charge on any atom is 0.324 e. The van der Waals surface area contributed by atoms with Gasteiger partial charge in [0.15, 0.2) is 0 Å². The Bertz CT molecular complexity index is 1260. The van der Waals surface area contributed by atoms with E-state index in [2.05, 4.69) is 21.4 Å². The smallest absolute Gasteiger partial charge is 0.324 e. The van der Waals surface area contributed by atoms with E-state index in [-0.39, 0.29) is 6.03 Å². The highest BCUT2D eigenvalue weighted by molar-refractivity contribution is 6.04. The zero-order chi connectivity index (χ0) is 21.6. The summed E-state index contributed by atoms with van der Waals surface area (Å²) in [5, 5.41) is 14.1. The van der Waals surface area contributed by atoms with Gasteiger partial charge in [-0.1, -0.05) is 18.2 Å². The molecule has 0 atom stereocenters. The van der Waals surface area contributed by atoms with E-state index in [1.807, 2.05) is 36.5 Å². The van der Waals surface area contributed by atoms with Gasteiger partial charge in [-0.2, -0.15) is 0 Å². The molecular weight excluding hydrogens is 394 g/mol. The Morgan fingerprint density at radius 1 is 1.16 bits per heavy atom. The minimum atomic E-state index is -0.711. The van der Waals surface area contributed by atoms with Crippen LogP contribution in [0, 0.1) is 0 Å². The molecule has 2 amide bonds. The largest absolute Gasteiger partial charge is 0.494 e. The summed E-state index contributed by atoms with van der Waals surface area (Å²) in [4.78, 5) is 25.6. The minimum Gasteiger partial charge on any atom is -0.494 e. The highest BCUT2D eigenvalue weighted by Crippen LogP contribution is 2.36. The number of fused-ring (bicyclic) bond motifs is 2. The second-order valence-electron chi connectivity index (χ2n) is 8.29. The molecule has 0 bridgehead atoms. The van der Waals surface area contributed by atoms with Gasteiger partial charge in [0.2, 0.25) is 5.95 Å². The second-order valence-corrected chi connectivity index (χ2v) is 8.29. The molecule has 8 heteroatoms. The molecule has 1 aliphatic rings. The quantitative estimate of drug-likeness (QED) is 0.401. The van der Waals surface area contributed by atoms with Crippen molar-refractivity contribution in [3.05, 3.63) is 42.6 Å². The number of amides is 2. The van der Waals surface area contributed by atoms with Crippen molar-refractivity contribution in [2.45, 2.75) is 25.4 Å². The summed E-state index contributed by atoms with van der Waals surface area (Å²) in [6.07, 6.45) is 3.03. The van der Waals surface area contributed by atoms with Gasteiger partial charge in [0.1, 0.15) is 16.8 Å². The molecule has 2 aromatic heterocycles. The summed E-state index contributed by atoms with van der Waals surface area (Å²) >= 11 is 0. The van der Waals surface area contributed by atoms with Gasteiger partial charge in [-0.05, 0) is 43.4 Å². The minimum absolute atomic E-state index is 0.235. The lowest BCUT2D eigenvalue weighted by molar-refractivity contribution is 0.00569. The van der Waals surface area contributed by atoms with Gasteiger partial charge in [-0.25, -0.2) is 9.78 Å². The molecule has 0 radical (unpaired) electrons. The Balaban J connectivity index is 1.51. The monoisotopic (exact) mass is 419 g/mol. The fourth-order valence-corrected chi connectivity index (χ4v) is 4.20. The molecule has 0 saturated carbocycles. The van der Waals surface area contributed by atoms with Gasteiger partial charge < -0.3 is 24.7 Å². The number of carbonyl (C=O) groups is 1. The number of imidazole rings is 1. The van der Waals surface area contributed by atoms with Crippen molar-refractivity contribution >= 4 is 33.9 Å². The zero-order valence-corrected chi connectivity index (χ0v) is 17.5. The maximum atomic E-state index is 12.7. The number of carbonyl (C=O) groups excluding carboxylic acids is 1. The second kappa shape index (κ2) is 7.31. The average molecular weight is 419 g/mol. The molecule has 5 rings (SSSR count). The van der Waals surface area contributed by atoms with Gasteiger partial charge in [0.25, 0.3) is 0 Å². The first kappa shape index (κ1) is 19.4. The molecule has 0 spiro atoms. The van der Waals surface area contributed by atoms with Crippen LogP contribution in [0.4, 0.5) is 10.7 Å². The number of piperidine rings is 1. The lowest BCUT2D eigenvalue weighted by atomic mass is 9.94. The molecule has 31 heavy (non-hydrogen) atoms. The third-order valence-corrected chi connectivity index (χ3v) is 6.06. The SMILES string of the molecule is COc1ccc(-c2cccc3cc[nH]c23)c2nc(NC(=O)N3CCC(C)(O)CC3)[nH]c12. The number of methoxy groups -OCH3 is 1. The van der Waals surface area contributed by atoms with E-state index in [1.165, 1.54) is 0 Å². The number of hydrogen-bond donors (Lipinski definition) is 4. The Morgan fingerprint density at radius 2 is 1.97 bits per heavy atom. The number of nitrogens with one attached hydrogen (secondary N) is 3. The molecule has 1 saturated heterocycles. The van der Waals surface area contributed by atoms with Crippen LogP contribution in [0.5, 0.6) is 5.75 Å². The molecule has 8 nitrogen and oxygen atoms in total. The number of hydrogen-bond acceptors (Lipinski definition) is 4. The summed E-state index contributed by atoms with van der Waals surface area (Å²) in [5.74, 6) is 1.01. The number of aliphatic hydroxyl groups is 1. The van der Waals surface area contributed by atoms with Crippen molar-refractivity contribution in [3.8, 4) is 16.9 Å². The summed E-state index contributed by atoms with van der Waals surface area (Å²) in [7, 11) is 1.61. The maximum absolute atomic E-state index is 12.7. The molecule has 1 fully saturated rings. The molecule has 3 heterocycles. The lowest BCUT2D eigenvalue weighted by Gasteiger charge is -2.35. The van der Waals surface area contributed by atoms with Crippen LogP contribution in [-0.4, -0.2) is 56.8 Å². The van der Waals surface area contributed by atoms with Crippen LogP contribution >= 0.6 is 0 Å². The van der Waals surface area contributed by atoms with Crippen molar-refractivity contribution in [2.75, 3.05) is 25.5 Å². The van der Waals surface area contributed by atoms with E-state index >= 15 is 0 Å². The van der Waals surface area contributed by atoms with Crippen LogP contribution in [0.25, 0.3) is 33.1 Å². The van der Waals surface area contributed by atoms with Crippen LogP contribution in [0.3, 0.4) is 0 Å². The van der Waals surface area contributed by atoms with Crippen molar-refractivity contribution < 1.29 is 14.6 Å². The number of nitrogens with zero attached hydrogens (tertiary/aromatic N) is 2. The topological polar surface area (TPSA) is 106 Å². The third-order valence-electron chi connectivity index (χ3n) is 6.06. The first-order chi connectivity index (χ1) is 14.9. The Hall–Kier alpha value is -3.52. The number of H-pyrrole nitrogens is 2.